The van der Waals surface area contributed by atoms with Gasteiger partial charge in [0.05, 0.1) is 28.8 Å². The van der Waals surface area contributed by atoms with E-state index in [0.717, 1.165) is 64.5 Å². The average Bonchev–Trinajstić information content (AvgIpc) is 3.47. The topological polar surface area (TPSA) is 95.0 Å². The second-order valence-corrected chi connectivity index (χ2v) is 9.30. The highest BCUT2D eigenvalue weighted by Crippen LogP contribution is 2.35. The van der Waals surface area contributed by atoms with Crippen molar-refractivity contribution in [2.45, 2.75) is 6.92 Å². The lowest BCUT2D eigenvalue weighted by molar-refractivity contribution is -0.117. The van der Waals surface area contributed by atoms with Crippen LogP contribution in [0.25, 0.3) is 32.6 Å². The molecule has 0 aliphatic carbocycles. The quantitative estimate of drug-likeness (QED) is 0.485. The van der Waals surface area contributed by atoms with E-state index >= 15 is 0 Å². The van der Waals surface area contributed by atoms with Crippen LogP contribution in [0.5, 0.6) is 0 Å². The van der Waals surface area contributed by atoms with Gasteiger partial charge in [0.2, 0.25) is 5.91 Å². The molecule has 1 aliphatic heterocycles. The third-order valence-corrected chi connectivity index (χ3v) is 6.93. The molecule has 1 saturated heterocycles. The Morgan fingerprint density at radius 2 is 2.00 bits per heavy atom. The van der Waals surface area contributed by atoms with Crippen molar-refractivity contribution in [2.24, 2.45) is 7.05 Å². The van der Waals surface area contributed by atoms with Crippen LogP contribution in [0.15, 0.2) is 30.6 Å². The molecule has 4 heterocycles. The van der Waals surface area contributed by atoms with Gasteiger partial charge in [-0.05, 0) is 31.7 Å². The van der Waals surface area contributed by atoms with Gasteiger partial charge in [-0.2, -0.15) is 10.2 Å². The second kappa shape index (κ2) is 8.45. The lowest BCUT2D eigenvalue weighted by Crippen LogP contribution is -2.47. The highest BCUT2D eigenvalue weighted by molar-refractivity contribution is 7.19. The minimum Gasteiger partial charge on any atom is -0.304 e. The molecule has 166 valence electrons. The van der Waals surface area contributed by atoms with Gasteiger partial charge in [0.15, 0.2) is 5.13 Å². The smallest absolute Gasteiger partial charge is 0.240 e. The van der Waals surface area contributed by atoms with Gasteiger partial charge in [-0.1, -0.05) is 17.4 Å². The van der Waals surface area contributed by atoms with Gasteiger partial charge in [-0.3, -0.25) is 19.5 Å². The first-order valence-corrected chi connectivity index (χ1v) is 11.4. The minimum absolute atomic E-state index is 0.0139. The van der Waals surface area contributed by atoms with Crippen LogP contribution in [-0.4, -0.2) is 80.4 Å². The van der Waals surface area contributed by atoms with Crippen molar-refractivity contribution in [1.82, 2.24) is 34.8 Å². The number of aryl methyl sites for hydroxylation is 2. The Kier molecular flexibility index (Phi) is 5.50. The van der Waals surface area contributed by atoms with Crippen LogP contribution in [0, 0.1) is 6.92 Å². The van der Waals surface area contributed by atoms with Crippen molar-refractivity contribution in [3.05, 3.63) is 36.3 Å². The molecule has 32 heavy (non-hydrogen) atoms. The number of thiazole rings is 1. The number of H-pyrrole nitrogens is 1. The molecule has 4 aromatic rings. The van der Waals surface area contributed by atoms with E-state index in [-0.39, 0.29) is 5.91 Å². The molecule has 0 spiro atoms. The molecule has 0 bridgehead atoms. The predicted molar refractivity (Wildman–Crippen MR) is 127 cm³/mol. The van der Waals surface area contributed by atoms with Crippen LogP contribution in [-0.2, 0) is 11.8 Å². The molecule has 0 atom stereocenters. The van der Waals surface area contributed by atoms with Crippen LogP contribution >= 0.6 is 11.3 Å². The van der Waals surface area contributed by atoms with E-state index in [0.29, 0.717) is 11.7 Å². The number of hydrogen-bond donors (Lipinski definition) is 2. The van der Waals surface area contributed by atoms with E-state index < -0.39 is 0 Å². The summed E-state index contributed by atoms with van der Waals surface area (Å²) in [7, 11) is 4.00. The second-order valence-electron chi connectivity index (χ2n) is 8.30. The lowest BCUT2D eigenvalue weighted by atomic mass is 10.1. The summed E-state index contributed by atoms with van der Waals surface area (Å²) in [5.41, 5.74) is 4.77. The van der Waals surface area contributed by atoms with Gasteiger partial charge in [0.25, 0.3) is 0 Å². The van der Waals surface area contributed by atoms with Crippen LogP contribution < -0.4 is 5.32 Å². The Morgan fingerprint density at radius 1 is 1.19 bits per heavy atom. The van der Waals surface area contributed by atoms with E-state index in [1.54, 1.807) is 4.68 Å². The van der Waals surface area contributed by atoms with Gasteiger partial charge >= 0.3 is 0 Å². The first-order valence-electron chi connectivity index (χ1n) is 10.6. The maximum atomic E-state index is 12.5. The van der Waals surface area contributed by atoms with Crippen molar-refractivity contribution < 1.29 is 4.79 Å². The van der Waals surface area contributed by atoms with Gasteiger partial charge in [-0.25, -0.2) is 4.98 Å². The number of fused-ring (bicyclic) bond motifs is 1. The number of anilines is 1. The Balaban J connectivity index is 1.32. The van der Waals surface area contributed by atoms with Gasteiger partial charge in [0.1, 0.15) is 5.69 Å². The summed E-state index contributed by atoms with van der Waals surface area (Å²) in [6.45, 7) is 6.19. The Hall–Kier alpha value is -3.08. The van der Waals surface area contributed by atoms with Crippen LogP contribution in [0.1, 0.15) is 5.69 Å². The average molecular weight is 451 g/mol. The summed E-state index contributed by atoms with van der Waals surface area (Å²) in [5, 5.41) is 16.5. The number of likely N-dealkylation sites (N-methyl/N-ethyl adjacent to an activating group) is 1. The number of amides is 1. The molecule has 1 aromatic carbocycles. The number of carbonyl (C=O) groups excluding carboxylic acids is 1. The first kappa shape index (κ1) is 20.8. The van der Waals surface area contributed by atoms with Crippen molar-refractivity contribution in [2.75, 3.05) is 45.1 Å². The SMILES string of the molecule is Cc1nc(NC(=O)CN2CCN(C)CC2)sc1-c1ccc2c(-c3cnn(C)c3)n[nH]c2c1. The third-order valence-electron chi connectivity index (χ3n) is 5.81. The van der Waals surface area contributed by atoms with Crippen LogP contribution in [0.4, 0.5) is 5.13 Å². The van der Waals surface area contributed by atoms with Crippen LogP contribution in [0.2, 0.25) is 0 Å². The molecule has 0 radical (unpaired) electrons. The Morgan fingerprint density at radius 3 is 2.75 bits per heavy atom. The molecular formula is C22H26N8OS. The fraction of sp³-hybridized carbons (Fsp3) is 0.364. The number of benzene rings is 1. The monoisotopic (exact) mass is 450 g/mol. The summed E-state index contributed by atoms with van der Waals surface area (Å²) >= 11 is 1.50. The number of nitrogens with zero attached hydrogens (tertiary/aromatic N) is 6. The summed E-state index contributed by atoms with van der Waals surface area (Å²) in [5.74, 6) is -0.0139. The van der Waals surface area contributed by atoms with Crippen molar-refractivity contribution in [3.8, 4) is 21.7 Å². The fourth-order valence-corrected chi connectivity index (χ4v) is 4.99. The number of piperazine rings is 1. The van der Waals surface area contributed by atoms with Crippen molar-refractivity contribution in [1.29, 1.82) is 0 Å². The van der Waals surface area contributed by atoms with Gasteiger partial charge in [0, 0.05) is 50.4 Å². The molecule has 0 unspecified atom stereocenters. The molecule has 9 nitrogen and oxygen atoms in total. The van der Waals surface area contributed by atoms with Gasteiger partial charge < -0.3 is 10.2 Å². The predicted octanol–water partition coefficient (Wildman–Crippen LogP) is 2.58. The fourth-order valence-electron chi connectivity index (χ4n) is 4.01. The van der Waals surface area contributed by atoms with E-state index in [1.807, 2.05) is 26.4 Å². The largest absolute Gasteiger partial charge is 0.304 e. The minimum atomic E-state index is -0.0139. The highest BCUT2D eigenvalue weighted by Gasteiger charge is 2.19. The maximum absolute atomic E-state index is 12.5. The summed E-state index contributed by atoms with van der Waals surface area (Å²) < 4.78 is 1.77. The van der Waals surface area contributed by atoms with E-state index in [9.17, 15) is 4.79 Å². The van der Waals surface area contributed by atoms with E-state index in [1.165, 1.54) is 11.3 Å². The summed E-state index contributed by atoms with van der Waals surface area (Å²) in [6, 6.07) is 6.23. The Bertz CT molecular complexity index is 1260. The molecular weight excluding hydrogens is 424 g/mol. The standard InChI is InChI=1S/C22H26N8OS/c1-14-21(32-22(24-14)25-19(31)13-30-8-6-28(2)7-9-30)15-4-5-17-18(10-15)26-27-20(17)16-11-23-29(3)12-16/h4-5,10-12H,6-9,13H2,1-3H3,(H,26,27)(H,24,25,31). The normalized spacial score (nSPS) is 15.5. The molecule has 1 aliphatic rings. The molecule has 1 amide bonds. The third kappa shape index (κ3) is 4.16. The number of nitrogens with one attached hydrogen (secondary N) is 2. The molecule has 0 saturated carbocycles. The molecule has 10 heteroatoms. The molecule has 3 aromatic heterocycles. The number of aromatic nitrogens is 5. The maximum Gasteiger partial charge on any atom is 0.240 e. The molecule has 1 fully saturated rings. The van der Waals surface area contributed by atoms with E-state index in [2.05, 4.69) is 60.6 Å². The van der Waals surface area contributed by atoms with Crippen molar-refractivity contribution in [3.63, 3.8) is 0 Å². The lowest BCUT2D eigenvalue weighted by Gasteiger charge is -2.31. The van der Waals surface area contributed by atoms with Crippen molar-refractivity contribution >= 4 is 33.3 Å². The summed E-state index contributed by atoms with van der Waals surface area (Å²) in [4.78, 5) is 22.6. The molecule has 5 rings (SSSR count). The number of hydrogen-bond acceptors (Lipinski definition) is 7. The highest BCUT2D eigenvalue weighted by atomic mass is 32.1. The molecule has 2 N–H and O–H groups in total. The first-order chi connectivity index (χ1) is 15.5. The number of rotatable bonds is 5. The zero-order valence-corrected chi connectivity index (χ0v) is 19.2. The van der Waals surface area contributed by atoms with Crippen LogP contribution in [0.3, 0.4) is 0 Å². The van der Waals surface area contributed by atoms with Gasteiger partial charge in [-0.15, -0.1) is 0 Å². The Labute approximate surface area is 190 Å². The zero-order valence-electron chi connectivity index (χ0n) is 18.4. The summed E-state index contributed by atoms with van der Waals surface area (Å²) in [6.07, 6.45) is 3.77. The van der Waals surface area contributed by atoms with E-state index in [4.69, 9.17) is 0 Å². The zero-order chi connectivity index (χ0) is 22.2. The number of aromatic amines is 1. The number of carbonyl (C=O) groups is 1.